The van der Waals surface area contributed by atoms with Gasteiger partial charge in [-0.15, -0.1) is 0 Å². The van der Waals surface area contributed by atoms with Gasteiger partial charge in [0.15, 0.2) is 0 Å². The van der Waals surface area contributed by atoms with Crippen molar-refractivity contribution in [2.24, 2.45) is 0 Å². The molecule has 0 fully saturated rings. The molecular weight excluding hydrogens is 681 g/mol. The molecule has 0 spiro atoms. The van der Waals surface area contributed by atoms with Gasteiger partial charge in [-0.05, 0) is 89.7 Å². The van der Waals surface area contributed by atoms with E-state index in [-0.39, 0.29) is 0 Å². The molecule has 3 heterocycles. The summed E-state index contributed by atoms with van der Waals surface area (Å²) in [6, 6.07) is 62.9. The van der Waals surface area contributed by atoms with E-state index in [0.717, 1.165) is 46.4 Å². The fourth-order valence-corrected chi connectivity index (χ4v) is 8.50. The monoisotopic (exact) mass is 716 g/mol. The predicted octanol–water partition coefficient (Wildman–Crippen LogP) is 13.4. The largest absolute Gasteiger partial charge is 0.309 e. The number of nitrogens with zero attached hydrogens (tertiary/aromatic N) is 4. The van der Waals surface area contributed by atoms with Crippen LogP contribution in [0.5, 0.6) is 0 Å². The van der Waals surface area contributed by atoms with Crippen LogP contribution in [0, 0.1) is 0 Å². The summed E-state index contributed by atoms with van der Waals surface area (Å²) < 4.78 is 4.63. The van der Waals surface area contributed by atoms with Gasteiger partial charge in [-0.25, -0.2) is 9.97 Å². The smallest absolute Gasteiger partial charge is 0.235 e. The van der Waals surface area contributed by atoms with Crippen molar-refractivity contribution in [2.45, 2.75) is 12.8 Å². The van der Waals surface area contributed by atoms with E-state index in [9.17, 15) is 0 Å². The van der Waals surface area contributed by atoms with Crippen molar-refractivity contribution < 1.29 is 0 Å². The number of rotatable bonds is 6. The van der Waals surface area contributed by atoms with Crippen molar-refractivity contribution in [1.29, 1.82) is 0 Å². The van der Waals surface area contributed by atoms with Crippen LogP contribution in [-0.4, -0.2) is 19.1 Å². The van der Waals surface area contributed by atoms with E-state index < -0.39 is 0 Å². The van der Waals surface area contributed by atoms with Gasteiger partial charge in [0, 0.05) is 38.4 Å². The maximum absolute atomic E-state index is 5.22. The van der Waals surface area contributed by atoms with E-state index in [2.05, 4.69) is 191 Å². The third-order valence-corrected chi connectivity index (χ3v) is 11.2. The molecule has 4 nitrogen and oxygen atoms in total. The highest BCUT2D eigenvalue weighted by atomic mass is 15.2. The minimum Gasteiger partial charge on any atom is -0.309 e. The van der Waals surface area contributed by atoms with E-state index in [1.54, 1.807) is 0 Å². The first-order valence-electron chi connectivity index (χ1n) is 19.3. The number of allylic oxidation sites excluding steroid dienone is 4. The lowest BCUT2D eigenvalue weighted by Gasteiger charge is -2.12. The van der Waals surface area contributed by atoms with Crippen LogP contribution in [0.4, 0.5) is 0 Å². The zero-order chi connectivity index (χ0) is 37.0. The fraction of sp³-hybridized carbons (Fsp3) is 0.0385. The number of benzene rings is 7. The molecule has 0 saturated carbocycles. The van der Waals surface area contributed by atoms with Crippen LogP contribution in [0.3, 0.4) is 0 Å². The Morgan fingerprint density at radius 2 is 0.911 bits per heavy atom. The van der Waals surface area contributed by atoms with Crippen molar-refractivity contribution in [3.05, 3.63) is 200 Å². The predicted molar refractivity (Wildman–Crippen MR) is 233 cm³/mol. The van der Waals surface area contributed by atoms with Crippen LogP contribution in [0.25, 0.3) is 94.5 Å². The average Bonchev–Trinajstić information content (AvgIpc) is 3.79. The molecule has 0 unspecified atom stereocenters. The first-order chi connectivity index (χ1) is 27.8. The maximum Gasteiger partial charge on any atom is 0.235 e. The van der Waals surface area contributed by atoms with Crippen molar-refractivity contribution in [3.8, 4) is 45.3 Å². The third-order valence-electron chi connectivity index (χ3n) is 11.2. The summed E-state index contributed by atoms with van der Waals surface area (Å²) in [6.07, 6.45) is 9.08. The molecule has 0 saturated heterocycles. The van der Waals surface area contributed by atoms with Gasteiger partial charge in [0.25, 0.3) is 0 Å². The van der Waals surface area contributed by atoms with Gasteiger partial charge in [0.1, 0.15) is 0 Å². The molecule has 1 aliphatic rings. The van der Waals surface area contributed by atoms with Gasteiger partial charge in [0.2, 0.25) is 5.95 Å². The Morgan fingerprint density at radius 3 is 1.52 bits per heavy atom. The van der Waals surface area contributed by atoms with Crippen LogP contribution in [-0.2, 0) is 0 Å². The zero-order valence-electron chi connectivity index (χ0n) is 30.7. The van der Waals surface area contributed by atoms with E-state index in [1.807, 2.05) is 12.1 Å². The molecule has 3 aromatic heterocycles. The summed E-state index contributed by atoms with van der Waals surface area (Å²) in [5.74, 6) is 0.651. The quantitative estimate of drug-likeness (QED) is 0.172. The third kappa shape index (κ3) is 5.38. The maximum atomic E-state index is 5.22. The average molecular weight is 717 g/mol. The number of fused-ring (bicyclic) bond motifs is 6. The van der Waals surface area contributed by atoms with Crippen molar-refractivity contribution in [1.82, 2.24) is 19.1 Å². The van der Waals surface area contributed by atoms with E-state index >= 15 is 0 Å². The van der Waals surface area contributed by atoms with Crippen molar-refractivity contribution in [3.63, 3.8) is 0 Å². The minimum atomic E-state index is 0.651. The fourth-order valence-electron chi connectivity index (χ4n) is 8.50. The number of para-hydroxylation sites is 2. The second-order valence-electron chi connectivity index (χ2n) is 14.5. The van der Waals surface area contributed by atoms with Crippen LogP contribution in [0.1, 0.15) is 18.4 Å². The summed E-state index contributed by atoms with van der Waals surface area (Å²) >= 11 is 0. The molecule has 0 atom stereocenters. The van der Waals surface area contributed by atoms with Crippen LogP contribution < -0.4 is 0 Å². The standard InChI is InChI=1S/C52H36N4/c1-4-15-35(16-5-1)38-21-14-22-41(31-38)55-48-25-12-10-23-42(48)44-32-39(27-29-50(44)55)40-28-30-51-45(33-40)43-24-11-13-26-49(43)56(51)52-53-46(36-17-6-2-7-18-36)34-47(54-52)37-19-8-3-9-20-37/h2-4,6-34H,1,5H2. The highest BCUT2D eigenvalue weighted by molar-refractivity contribution is 6.12. The lowest BCUT2D eigenvalue weighted by atomic mass is 9.99. The van der Waals surface area contributed by atoms with Gasteiger partial charge in [-0.2, -0.15) is 0 Å². The second kappa shape index (κ2) is 13.2. The van der Waals surface area contributed by atoms with Crippen molar-refractivity contribution in [2.75, 3.05) is 0 Å². The minimum absolute atomic E-state index is 0.651. The molecule has 10 aromatic rings. The van der Waals surface area contributed by atoms with Crippen molar-refractivity contribution >= 4 is 49.2 Å². The van der Waals surface area contributed by atoms with Gasteiger partial charge < -0.3 is 4.57 Å². The molecule has 11 rings (SSSR count). The number of hydrogen-bond donors (Lipinski definition) is 0. The SMILES string of the molecule is C1=CC(c2cccc(-n3c4ccccc4c4cc(-c5ccc6c(c5)c5ccccc5n6-c5nc(-c6ccccc6)cc(-c6ccccc6)n5)ccc43)c2)=CCC1. The Labute approximate surface area is 325 Å². The summed E-state index contributed by atoms with van der Waals surface area (Å²) in [5.41, 5.74) is 14.5. The van der Waals surface area contributed by atoms with Gasteiger partial charge in [-0.3, -0.25) is 4.57 Å². The topological polar surface area (TPSA) is 35.6 Å². The van der Waals surface area contributed by atoms with E-state index in [0.29, 0.717) is 5.95 Å². The molecule has 1 aliphatic carbocycles. The normalized spacial score (nSPS) is 12.9. The van der Waals surface area contributed by atoms with Crippen LogP contribution in [0.2, 0.25) is 0 Å². The second-order valence-corrected chi connectivity index (χ2v) is 14.5. The summed E-state index contributed by atoms with van der Waals surface area (Å²) in [7, 11) is 0. The Hall–Kier alpha value is -7.30. The molecule has 0 amide bonds. The van der Waals surface area contributed by atoms with Gasteiger partial charge in [-0.1, -0.05) is 140 Å². The van der Waals surface area contributed by atoms with Crippen LogP contribution in [0.15, 0.2) is 194 Å². The lowest BCUT2D eigenvalue weighted by Crippen LogP contribution is -2.03. The summed E-state index contributed by atoms with van der Waals surface area (Å²) in [5, 5.41) is 4.81. The Balaban J connectivity index is 1.07. The molecule has 0 aliphatic heterocycles. The Bertz CT molecular complexity index is 3120. The first kappa shape index (κ1) is 32.2. The molecule has 0 N–H and O–H groups in total. The highest BCUT2D eigenvalue weighted by Gasteiger charge is 2.19. The molecule has 7 aromatic carbocycles. The van der Waals surface area contributed by atoms with Gasteiger partial charge >= 0.3 is 0 Å². The van der Waals surface area contributed by atoms with Crippen LogP contribution >= 0.6 is 0 Å². The molecular formula is C52H36N4. The molecule has 0 bridgehead atoms. The number of aromatic nitrogens is 4. The summed E-state index contributed by atoms with van der Waals surface area (Å²) in [4.78, 5) is 10.4. The Morgan fingerprint density at radius 1 is 0.375 bits per heavy atom. The van der Waals surface area contributed by atoms with E-state index in [1.165, 1.54) is 60.5 Å². The van der Waals surface area contributed by atoms with Gasteiger partial charge in [0.05, 0.1) is 33.5 Å². The summed E-state index contributed by atoms with van der Waals surface area (Å²) in [6.45, 7) is 0. The molecule has 264 valence electrons. The zero-order valence-corrected chi connectivity index (χ0v) is 30.7. The number of hydrogen-bond acceptors (Lipinski definition) is 2. The van der Waals surface area contributed by atoms with E-state index in [4.69, 9.17) is 9.97 Å². The lowest BCUT2D eigenvalue weighted by molar-refractivity contribution is 0.995. The molecule has 4 heteroatoms. The molecule has 0 radical (unpaired) electrons. The molecule has 56 heavy (non-hydrogen) atoms. The highest BCUT2D eigenvalue weighted by Crippen LogP contribution is 2.39. The Kier molecular flexibility index (Phi) is 7.59. The first-order valence-corrected chi connectivity index (χ1v) is 19.3.